The van der Waals surface area contributed by atoms with E-state index in [0.29, 0.717) is 5.56 Å². The van der Waals surface area contributed by atoms with Crippen LogP contribution in [0.5, 0.6) is 0 Å². The average molecular weight is 238 g/mol. The number of carbonyl (C=O) groups is 1. The molecule has 1 aliphatic carbocycles. The van der Waals surface area contributed by atoms with Gasteiger partial charge in [-0.2, -0.15) is 0 Å². The van der Waals surface area contributed by atoms with Crippen LogP contribution in [0.15, 0.2) is 18.2 Å². The van der Waals surface area contributed by atoms with E-state index in [0.717, 1.165) is 12.8 Å². The van der Waals surface area contributed by atoms with E-state index < -0.39 is 5.82 Å². The van der Waals surface area contributed by atoms with Gasteiger partial charge in [0.1, 0.15) is 5.82 Å². The third-order valence-corrected chi connectivity index (χ3v) is 3.02. The highest BCUT2D eigenvalue weighted by atomic mass is 19.1. The first kappa shape index (κ1) is 11.9. The van der Waals surface area contributed by atoms with E-state index in [1.54, 1.807) is 7.11 Å². The van der Waals surface area contributed by atoms with E-state index >= 15 is 0 Å². The summed E-state index contributed by atoms with van der Waals surface area (Å²) in [5.74, 6) is -0.735. The van der Waals surface area contributed by atoms with Crippen molar-refractivity contribution in [1.29, 1.82) is 0 Å². The number of rotatable bonds is 3. The molecule has 3 N–H and O–H groups in total. The average Bonchev–Trinajstić information content (AvgIpc) is 2.26. The van der Waals surface area contributed by atoms with Gasteiger partial charge in [0.25, 0.3) is 5.91 Å². The minimum atomic E-state index is -0.510. The summed E-state index contributed by atoms with van der Waals surface area (Å²) < 4.78 is 18.0. The number of methoxy groups -OCH3 is 1. The van der Waals surface area contributed by atoms with E-state index in [1.807, 2.05) is 0 Å². The molecule has 2 rings (SSSR count). The van der Waals surface area contributed by atoms with E-state index in [-0.39, 0.29) is 23.7 Å². The van der Waals surface area contributed by atoms with Crippen LogP contribution in [0.4, 0.5) is 10.1 Å². The number of hydrogen-bond donors (Lipinski definition) is 2. The molecule has 5 heteroatoms. The molecule has 0 heterocycles. The number of carbonyl (C=O) groups excluding carboxylic acids is 1. The van der Waals surface area contributed by atoms with Crippen molar-refractivity contribution < 1.29 is 13.9 Å². The highest BCUT2D eigenvalue weighted by Gasteiger charge is 2.30. The maximum absolute atomic E-state index is 12.9. The third kappa shape index (κ3) is 2.55. The van der Waals surface area contributed by atoms with Gasteiger partial charge in [-0.15, -0.1) is 0 Å². The van der Waals surface area contributed by atoms with Crippen molar-refractivity contribution in [3.8, 4) is 0 Å². The third-order valence-electron chi connectivity index (χ3n) is 3.02. The summed E-state index contributed by atoms with van der Waals surface area (Å²) in [5.41, 5.74) is 5.77. The molecule has 0 bridgehead atoms. The van der Waals surface area contributed by atoms with E-state index in [4.69, 9.17) is 10.5 Å². The van der Waals surface area contributed by atoms with Gasteiger partial charge >= 0.3 is 0 Å². The first-order valence-electron chi connectivity index (χ1n) is 5.49. The van der Waals surface area contributed by atoms with Crippen molar-refractivity contribution in [3.63, 3.8) is 0 Å². The lowest BCUT2D eigenvalue weighted by atomic mass is 9.89. The summed E-state index contributed by atoms with van der Waals surface area (Å²) in [6.45, 7) is 0. The summed E-state index contributed by atoms with van der Waals surface area (Å²) in [5, 5.41) is 2.85. The van der Waals surface area contributed by atoms with Crippen molar-refractivity contribution in [2.24, 2.45) is 0 Å². The van der Waals surface area contributed by atoms with Crippen LogP contribution < -0.4 is 11.1 Å². The topological polar surface area (TPSA) is 64.3 Å². The predicted molar refractivity (Wildman–Crippen MR) is 62.1 cm³/mol. The van der Waals surface area contributed by atoms with Crippen LogP contribution in [0.1, 0.15) is 23.2 Å². The molecule has 1 amide bonds. The smallest absolute Gasteiger partial charge is 0.251 e. The molecule has 4 nitrogen and oxygen atoms in total. The monoisotopic (exact) mass is 238 g/mol. The van der Waals surface area contributed by atoms with Crippen molar-refractivity contribution in [2.45, 2.75) is 25.0 Å². The van der Waals surface area contributed by atoms with Crippen LogP contribution in [-0.4, -0.2) is 25.2 Å². The first-order chi connectivity index (χ1) is 8.10. The summed E-state index contributed by atoms with van der Waals surface area (Å²) in [4.78, 5) is 11.8. The zero-order valence-electron chi connectivity index (χ0n) is 9.57. The standard InChI is InChI=1S/C12H15FN2O2/c1-17-9-5-8(6-9)15-12(16)7-2-3-10(13)11(14)4-7/h2-4,8-9H,5-6,14H2,1H3,(H,15,16). The number of ether oxygens (including phenoxy) is 1. The van der Waals surface area contributed by atoms with Crippen molar-refractivity contribution >= 4 is 11.6 Å². The second kappa shape index (κ2) is 4.71. The van der Waals surface area contributed by atoms with Crippen LogP contribution >= 0.6 is 0 Å². The van der Waals surface area contributed by atoms with Crippen LogP contribution in [0, 0.1) is 5.82 Å². The Kier molecular flexibility index (Phi) is 3.28. The number of benzene rings is 1. The lowest BCUT2D eigenvalue weighted by Crippen LogP contribution is -2.47. The molecular weight excluding hydrogens is 223 g/mol. The quantitative estimate of drug-likeness (QED) is 0.780. The Hall–Kier alpha value is -1.62. The highest BCUT2D eigenvalue weighted by Crippen LogP contribution is 2.23. The second-order valence-electron chi connectivity index (χ2n) is 4.24. The molecule has 0 aliphatic heterocycles. The molecule has 92 valence electrons. The van der Waals surface area contributed by atoms with Gasteiger partial charge in [0.2, 0.25) is 0 Å². The van der Waals surface area contributed by atoms with Gasteiger partial charge < -0.3 is 15.8 Å². The zero-order valence-corrected chi connectivity index (χ0v) is 9.57. The second-order valence-corrected chi connectivity index (χ2v) is 4.24. The van der Waals surface area contributed by atoms with Gasteiger partial charge in [-0.3, -0.25) is 4.79 Å². The maximum atomic E-state index is 12.9. The molecule has 0 aromatic heterocycles. The molecule has 1 aromatic rings. The Morgan fingerprint density at radius 2 is 2.24 bits per heavy atom. The predicted octanol–water partition coefficient (Wildman–Crippen LogP) is 1.32. The van der Waals surface area contributed by atoms with Crippen LogP contribution in [0.25, 0.3) is 0 Å². The van der Waals surface area contributed by atoms with Crippen LogP contribution in [0.2, 0.25) is 0 Å². The minimum absolute atomic E-state index is 0.0129. The Morgan fingerprint density at radius 1 is 1.53 bits per heavy atom. The first-order valence-corrected chi connectivity index (χ1v) is 5.49. The molecule has 17 heavy (non-hydrogen) atoms. The Labute approximate surface area is 98.9 Å². The lowest BCUT2D eigenvalue weighted by Gasteiger charge is -2.34. The molecule has 0 radical (unpaired) electrons. The molecule has 0 spiro atoms. The molecule has 1 aromatic carbocycles. The number of halogens is 1. The fraction of sp³-hybridized carbons (Fsp3) is 0.417. The fourth-order valence-electron chi connectivity index (χ4n) is 1.83. The number of nitrogens with two attached hydrogens (primary N) is 1. The molecule has 0 saturated heterocycles. The van der Waals surface area contributed by atoms with E-state index in [1.165, 1.54) is 18.2 Å². The summed E-state index contributed by atoms with van der Waals surface area (Å²) in [6, 6.07) is 4.10. The Balaban J connectivity index is 1.94. The van der Waals surface area contributed by atoms with Gasteiger partial charge in [0, 0.05) is 18.7 Å². The molecular formula is C12H15FN2O2. The van der Waals surface area contributed by atoms with Crippen molar-refractivity contribution in [3.05, 3.63) is 29.6 Å². The van der Waals surface area contributed by atoms with Crippen LogP contribution in [0.3, 0.4) is 0 Å². The largest absolute Gasteiger partial charge is 0.396 e. The van der Waals surface area contributed by atoms with Gasteiger partial charge in [-0.25, -0.2) is 4.39 Å². The van der Waals surface area contributed by atoms with E-state index in [9.17, 15) is 9.18 Å². The number of amides is 1. The number of nitrogen functional groups attached to an aromatic ring is 1. The number of anilines is 1. The number of nitrogens with one attached hydrogen (secondary N) is 1. The SMILES string of the molecule is COC1CC(NC(=O)c2ccc(F)c(N)c2)C1. The zero-order chi connectivity index (χ0) is 12.4. The summed E-state index contributed by atoms with van der Waals surface area (Å²) in [6.07, 6.45) is 1.87. The highest BCUT2D eigenvalue weighted by molar-refractivity contribution is 5.95. The van der Waals surface area contributed by atoms with Crippen molar-refractivity contribution in [2.75, 3.05) is 12.8 Å². The van der Waals surface area contributed by atoms with Crippen LogP contribution in [-0.2, 0) is 4.74 Å². The van der Waals surface area contributed by atoms with Crippen molar-refractivity contribution in [1.82, 2.24) is 5.32 Å². The molecule has 0 unspecified atom stereocenters. The normalized spacial score (nSPS) is 22.9. The Morgan fingerprint density at radius 3 is 2.82 bits per heavy atom. The molecule has 1 saturated carbocycles. The Bertz CT molecular complexity index is 431. The van der Waals surface area contributed by atoms with Gasteiger partial charge in [-0.1, -0.05) is 0 Å². The fourth-order valence-corrected chi connectivity index (χ4v) is 1.83. The summed E-state index contributed by atoms with van der Waals surface area (Å²) >= 11 is 0. The number of hydrogen-bond acceptors (Lipinski definition) is 3. The maximum Gasteiger partial charge on any atom is 0.251 e. The minimum Gasteiger partial charge on any atom is -0.396 e. The lowest BCUT2D eigenvalue weighted by molar-refractivity contribution is 0.0176. The molecule has 1 fully saturated rings. The van der Waals surface area contributed by atoms with Gasteiger partial charge in [0.15, 0.2) is 0 Å². The van der Waals surface area contributed by atoms with E-state index in [2.05, 4.69) is 5.32 Å². The molecule has 0 atom stereocenters. The summed E-state index contributed by atoms with van der Waals surface area (Å²) in [7, 11) is 1.66. The van der Waals surface area contributed by atoms with Gasteiger partial charge in [0.05, 0.1) is 11.8 Å². The van der Waals surface area contributed by atoms with Gasteiger partial charge in [-0.05, 0) is 31.0 Å². The molecule has 1 aliphatic rings.